The zero-order chi connectivity index (χ0) is 38.9. The predicted octanol–water partition coefficient (Wildman–Crippen LogP) is 1.19. The molecule has 4 rings (SSSR count). The van der Waals surface area contributed by atoms with Crippen molar-refractivity contribution in [1.82, 2.24) is 50.4 Å². The van der Waals surface area contributed by atoms with E-state index in [2.05, 4.69) is 46.0 Å². The first-order chi connectivity index (χ1) is 24.9. The highest BCUT2D eigenvalue weighted by atomic mass is 32.2. The lowest BCUT2D eigenvalue weighted by molar-refractivity contribution is -0.146. The summed E-state index contributed by atoms with van der Waals surface area (Å²) >= 11 is 3.47. The number of oxime groups is 1. The Morgan fingerprint density at radius 1 is 1.11 bits per heavy atom. The highest BCUT2D eigenvalue weighted by Crippen LogP contribution is 2.41. The molecule has 0 bridgehead atoms. The van der Waals surface area contributed by atoms with Crippen LogP contribution in [0.1, 0.15) is 60.2 Å². The number of β-lactam (4-membered cyclic amide) rings is 1. The molecule has 2 aliphatic rings. The van der Waals surface area contributed by atoms with Crippen molar-refractivity contribution in [2.45, 2.75) is 88.7 Å². The number of carbonyl (C=O) groups is 5. The minimum absolute atomic E-state index is 0.00610. The van der Waals surface area contributed by atoms with Gasteiger partial charge in [0.2, 0.25) is 22.6 Å². The van der Waals surface area contributed by atoms with Gasteiger partial charge in [-0.1, -0.05) is 16.9 Å². The van der Waals surface area contributed by atoms with Crippen LogP contribution in [0.15, 0.2) is 21.6 Å². The van der Waals surface area contributed by atoms with Crippen molar-refractivity contribution in [1.29, 1.82) is 0 Å². The zero-order valence-electron chi connectivity index (χ0n) is 29.9. The van der Waals surface area contributed by atoms with E-state index in [0.717, 1.165) is 23.3 Å². The average molecular weight is 799 g/mol. The van der Waals surface area contributed by atoms with Gasteiger partial charge in [-0.05, 0) is 57.5 Å². The SMILES string of the molecule is CC(C)(C)OC(=O)NCCCO/N=C(\C(=O)NC(CNC(=O)OC(C)(C)C)Cn1nnnc1SCC1=C(C(=O)O)N2C(=O)CC2SC1)c1nsc(N)n1. The second kappa shape index (κ2) is 17.9. The molecule has 4 heterocycles. The molecule has 2 unspecified atom stereocenters. The molecule has 2 aromatic heterocycles. The molecule has 2 atom stereocenters. The number of aliphatic carboxylic acids is 1. The lowest BCUT2D eigenvalue weighted by Gasteiger charge is -2.43. The number of amides is 4. The third-order valence-electron chi connectivity index (χ3n) is 6.73. The number of fused-ring (bicyclic) bond motifs is 1. The molecule has 0 aromatic carbocycles. The molecule has 0 radical (unpaired) electrons. The Labute approximate surface area is 316 Å². The molecular weight excluding hydrogens is 757 g/mol. The number of thioether (sulfide) groups is 2. The first-order valence-corrected chi connectivity index (χ1v) is 19.0. The summed E-state index contributed by atoms with van der Waals surface area (Å²) in [6, 6.07) is -0.879. The number of carboxylic acids is 1. The summed E-state index contributed by atoms with van der Waals surface area (Å²) in [5.74, 6) is -1.73. The zero-order valence-corrected chi connectivity index (χ0v) is 32.4. The summed E-state index contributed by atoms with van der Waals surface area (Å²) in [7, 11) is 0. The number of nitrogens with two attached hydrogens (primary N) is 1. The van der Waals surface area contributed by atoms with Crippen molar-refractivity contribution in [3.05, 3.63) is 17.1 Å². The van der Waals surface area contributed by atoms with E-state index in [4.69, 9.17) is 20.0 Å². The molecule has 4 amide bonds. The van der Waals surface area contributed by atoms with Gasteiger partial charge in [-0.3, -0.25) is 14.5 Å². The number of nitrogens with zero attached hydrogens (tertiary/aromatic N) is 8. The lowest BCUT2D eigenvalue weighted by Crippen LogP contribution is -2.54. The Kier molecular flexibility index (Phi) is 13.8. The van der Waals surface area contributed by atoms with E-state index in [-0.39, 0.29) is 70.8 Å². The van der Waals surface area contributed by atoms with E-state index >= 15 is 0 Å². The smallest absolute Gasteiger partial charge is 0.407 e. The number of alkyl carbamates (subject to hydrolysis) is 2. The van der Waals surface area contributed by atoms with E-state index in [9.17, 15) is 29.1 Å². The largest absolute Gasteiger partial charge is 0.477 e. The topological polar surface area (TPSA) is 280 Å². The van der Waals surface area contributed by atoms with Crippen LogP contribution in [-0.4, -0.2) is 129 Å². The molecule has 0 spiro atoms. The number of hydrogen-bond acceptors (Lipinski definition) is 18. The first kappa shape index (κ1) is 41.1. The molecule has 1 fully saturated rings. The standard InChI is InChI=1S/C29H42N12O9S3/c1-28(2,3)49-26(46)31-8-7-9-48-36-19(21-34-24(30)53-37-21)22(43)33-16(11-32-27(47)50-29(4,5)6)12-40-25(35-38-39-40)52-14-15-13-51-18-10-17(42)41(18)20(15)23(44)45/h16,18H,7-14H2,1-6H3,(H,31,46)(H,32,47)(H,33,43)(H,44,45)(H2,30,34,37)/b36-19-. The van der Waals surface area contributed by atoms with Crippen molar-refractivity contribution in [2.75, 3.05) is 36.9 Å². The third kappa shape index (κ3) is 12.4. The van der Waals surface area contributed by atoms with Crippen LogP contribution in [-0.2, 0) is 35.2 Å². The minimum Gasteiger partial charge on any atom is -0.477 e. The van der Waals surface area contributed by atoms with Gasteiger partial charge in [0.25, 0.3) is 5.91 Å². The predicted molar refractivity (Wildman–Crippen MR) is 193 cm³/mol. The maximum Gasteiger partial charge on any atom is 0.407 e. The third-order valence-corrected chi connectivity index (χ3v) is 9.60. The summed E-state index contributed by atoms with van der Waals surface area (Å²) in [6.07, 6.45) is -0.710. The number of nitrogens with one attached hydrogen (secondary N) is 3. The van der Waals surface area contributed by atoms with Crippen LogP contribution in [0.2, 0.25) is 0 Å². The van der Waals surface area contributed by atoms with Gasteiger partial charge in [-0.15, -0.1) is 16.9 Å². The van der Waals surface area contributed by atoms with Crippen molar-refractivity contribution in [3.8, 4) is 0 Å². The van der Waals surface area contributed by atoms with Crippen LogP contribution < -0.4 is 21.7 Å². The molecule has 2 aliphatic heterocycles. The van der Waals surface area contributed by atoms with Crippen molar-refractivity contribution >= 4 is 75.9 Å². The van der Waals surface area contributed by atoms with Gasteiger partial charge in [-0.2, -0.15) is 9.36 Å². The highest BCUT2D eigenvalue weighted by molar-refractivity contribution is 8.00. The summed E-state index contributed by atoms with van der Waals surface area (Å²) in [6.45, 7) is 10.3. The molecule has 53 heavy (non-hydrogen) atoms. The van der Waals surface area contributed by atoms with Gasteiger partial charge in [-0.25, -0.2) is 19.1 Å². The Morgan fingerprint density at radius 2 is 1.81 bits per heavy atom. The number of ether oxygens (including phenoxy) is 2. The fourth-order valence-electron chi connectivity index (χ4n) is 4.57. The summed E-state index contributed by atoms with van der Waals surface area (Å²) in [5, 5.41) is 33.8. The van der Waals surface area contributed by atoms with Crippen LogP contribution in [0.5, 0.6) is 0 Å². The van der Waals surface area contributed by atoms with E-state index < -0.39 is 41.3 Å². The van der Waals surface area contributed by atoms with Gasteiger partial charge < -0.3 is 41.1 Å². The molecule has 24 heteroatoms. The summed E-state index contributed by atoms with van der Waals surface area (Å²) < 4.78 is 16.0. The minimum atomic E-state index is -1.19. The van der Waals surface area contributed by atoms with Crippen LogP contribution in [0, 0.1) is 0 Å². The van der Waals surface area contributed by atoms with E-state index in [1.807, 2.05) is 0 Å². The van der Waals surface area contributed by atoms with E-state index in [1.54, 1.807) is 41.5 Å². The first-order valence-electron chi connectivity index (χ1n) is 16.2. The molecule has 6 N–H and O–H groups in total. The number of carboxylic acid groups (broad SMARTS) is 1. The van der Waals surface area contributed by atoms with Gasteiger partial charge in [0, 0.05) is 42.5 Å². The van der Waals surface area contributed by atoms with Crippen LogP contribution in [0.4, 0.5) is 14.7 Å². The fourth-order valence-corrected chi connectivity index (χ4v) is 7.29. The number of hydrogen-bond donors (Lipinski definition) is 5. The summed E-state index contributed by atoms with van der Waals surface area (Å²) in [5.41, 5.74) is 4.52. The molecule has 2 aromatic rings. The lowest BCUT2D eigenvalue weighted by atomic mass is 10.1. The van der Waals surface area contributed by atoms with Crippen LogP contribution >= 0.6 is 35.1 Å². The van der Waals surface area contributed by atoms with Crippen molar-refractivity contribution in [2.24, 2.45) is 5.16 Å². The summed E-state index contributed by atoms with van der Waals surface area (Å²) in [4.78, 5) is 73.1. The van der Waals surface area contributed by atoms with E-state index in [0.29, 0.717) is 24.2 Å². The molecule has 0 saturated carbocycles. The van der Waals surface area contributed by atoms with Gasteiger partial charge in [0.1, 0.15) is 23.5 Å². The van der Waals surface area contributed by atoms with Crippen molar-refractivity contribution < 1.29 is 43.4 Å². The highest BCUT2D eigenvalue weighted by Gasteiger charge is 2.45. The number of aromatic nitrogens is 6. The van der Waals surface area contributed by atoms with Crippen LogP contribution in [0.3, 0.4) is 0 Å². The number of anilines is 1. The number of rotatable bonds is 16. The Hall–Kier alpha value is -4.71. The van der Waals surface area contributed by atoms with Gasteiger partial charge >= 0.3 is 18.2 Å². The normalized spacial score (nSPS) is 16.6. The number of nitrogen functional groups attached to an aromatic ring is 1. The average Bonchev–Trinajstić information content (AvgIpc) is 3.68. The Balaban J connectivity index is 1.47. The van der Waals surface area contributed by atoms with Crippen LogP contribution in [0.25, 0.3) is 0 Å². The molecule has 0 aliphatic carbocycles. The molecule has 1 saturated heterocycles. The number of tetrazole rings is 1. The van der Waals surface area contributed by atoms with Gasteiger partial charge in [0.15, 0.2) is 5.13 Å². The second-order valence-corrected chi connectivity index (χ2v) is 16.4. The van der Waals surface area contributed by atoms with Crippen molar-refractivity contribution in [3.63, 3.8) is 0 Å². The Morgan fingerprint density at radius 3 is 2.43 bits per heavy atom. The molecule has 21 nitrogen and oxygen atoms in total. The Bertz CT molecular complexity index is 1730. The maximum absolute atomic E-state index is 13.7. The van der Waals surface area contributed by atoms with E-state index in [1.165, 1.54) is 21.3 Å². The maximum atomic E-state index is 13.7. The second-order valence-electron chi connectivity index (χ2n) is 13.5. The fraction of sp³-hybridized carbons (Fsp3) is 0.621. The molecular formula is C29H42N12O9S3. The molecule has 290 valence electrons. The monoisotopic (exact) mass is 798 g/mol. The quantitative estimate of drug-likeness (QED) is 0.0524. The van der Waals surface area contributed by atoms with Gasteiger partial charge in [0.05, 0.1) is 24.4 Å². The number of carbonyl (C=O) groups excluding carboxylic acids is 4.